The predicted molar refractivity (Wildman–Crippen MR) is 112 cm³/mol. The van der Waals surface area contributed by atoms with Crippen LogP contribution in [-0.2, 0) is 9.59 Å². The van der Waals surface area contributed by atoms with Gasteiger partial charge in [0.25, 0.3) is 11.8 Å². The van der Waals surface area contributed by atoms with Crippen molar-refractivity contribution in [2.75, 3.05) is 22.9 Å². The van der Waals surface area contributed by atoms with Gasteiger partial charge in [-0.25, -0.2) is 0 Å². The predicted octanol–water partition coefficient (Wildman–Crippen LogP) is 3.75. The van der Waals surface area contributed by atoms with Crippen molar-refractivity contribution in [1.29, 1.82) is 0 Å². The van der Waals surface area contributed by atoms with Crippen LogP contribution in [0.25, 0.3) is 6.08 Å². The van der Waals surface area contributed by atoms with Crippen molar-refractivity contribution in [2.45, 2.75) is 19.3 Å². The van der Waals surface area contributed by atoms with Gasteiger partial charge in [-0.2, -0.15) is 0 Å². The highest BCUT2D eigenvalue weighted by molar-refractivity contribution is 7.80. The topological polar surface area (TPSA) is 65.8 Å². The second kappa shape index (κ2) is 7.77. The molecule has 8 heteroatoms. The van der Waals surface area contributed by atoms with Crippen LogP contribution in [0.2, 0.25) is 5.02 Å². The number of carbonyl (C=O) groups is 2. The highest BCUT2D eigenvalue weighted by Crippen LogP contribution is 2.27. The average molecular weight is 416 g/mol. The zero-order valence-corrected chi connectivity index (χ0v) is 16.6. The van der Waals surface area contributed by atoms with Crippen molar-refractivity contribution in [3.8, 4) is 0 Å². The van der Waals surface area contributed by atoms with Gasteiger partial charge in [-0.05, 0) is 61.8 Å². The van der Waals surface area contributed by atoms with Gasteiger partial charge in [-0.15, -0.1) is 0 Å². The summed E-state index contributed by atoms with van der Waals surface area (Å²) in [6.45, 7) is 1.89. The number of benzene rings is 1. The van der Waals surface area contributed by atoms with Crippen molar-refractivity contribution in [1.82, 2.24) is 5.32 Å². The van der Waals surface area contributed by atoms with Gasteiger partial charge in [0.1, 0.15) is 11.3 Å². The van der Waals surface area contributed by atoms with E-state index in [9.17, 15) is 9.59 Å². The van der Waals surface area contributed by atoms with E-state index < -0.39 is 11.8 Å². The van der Waals surface area contributed by atoms with E-state index in [4.69, 9.17) is 28.2 Å². The zero-order chi connectivity index (χ0) is 19.7. The lowest BCUT2D eigenvalue weighted by Crippen LogP contribution is -2.54. The second-order valence-corrected chi connectivity index (χ2v) is 7.48. The lowest BCUT2D eigenvalue weighted by atomic mass is 10.1. The van der Waals surface area contributed by atoms with Gasteiger partial charge in [-0.3, -0.25) is 19.8 Å². The molecule has 0 spiro atoms. The number of hydrogen-bond acceptors (Lipinski definition) is 5. The Morgan fingerprint density at radius 1 is 1.11 bits per heavy atom. The van der Waals surface area contributed by atoms with Gasteiger partial charge < -0.3 is 9.32 Å². The van der Waals surface area contributed by atoms with Crippen LogP contribution >= 0.6 is 23.8 Å². The van der Waals surface area contributed by atoms with Crippen LogP contribution in [0.1, 0.15) is 25.0 Å². The summed E-state index contributed by atoms with van der Waals surface area (Å²) in [6, 6.07) is 10.3. The Labute approximate surface area is 172 Å². The minimum absolute atomic E-state index is 0.0165. The number of nitrogens with zero attached hydrogens (tertiary/aromatic N) is 2. The third-order valence-electron chi connectivity index (χ3n) is 4.74. The second-order valence-electron chi connectivity index (χ2n) is 6.66. The van der Waals surface area contributed by atoms with E-state index in [2.05, 4.69) is 10.2 Å². The third-order valence-corrected chi connectivity index (χ3v) is 5.25. The van der Waals surface area contributed by atoms with E-state index >= 15 is 0 Å². The molecule has 6 nitrogen and oxygen atoms in total. The van der Waals surface area contributed by atoms with E-state index in [-0.39, 0.29) is 10.7 Å². The fourth-order valence-corrected chi connectivity index (χ4v) is 3.82. The van der Waals surface area contributed by atoms with Crippen LogP contribution in [-0.4, -0.2) is 30.0 Å². The Kier molecular flexibility index (Phi) is 5.19. The van der Waals surface area contributed by atoms with Crippen LogP contribution in [0.15, 0.2) is 46.4 Å². The summed E-state index contributed by atoms with van der Waals surface area (Å²) in [6.07, 6.45) is 4.93. The number of carbonyl (C=O) groups excluding carboxylic acids is 2. The van der Waals surface area contributed by atoms with Crippen LogP contribution in [0.5, 0.6) is 0 Å². The van der Waals surface area contributed by atoms with Gasteiger partial charge >= 0.3 is 0 Å². The first-order chi connectivity index (χ1) is 13.5. The molecule has 1 aromatic carbocycles. The largest absolute Gasteiger partial charge is 0.441 e. The van der Waals surface area contributed by atoms with E-state index in [1.807, 2.05) is 6.07 Å². The van der Waals surface area contributed by atoms with Crippen LogP contribution in [0.3, 0.4) is 0 Å². The summed E-state index contributed by atoms with van der Waals surface area (Å²) in [4.78, 5) is 28.8. The first kappa shape index (κ1) is 18.7. The molecule has 4 rings (SSSR count). The summed E-state index contributed by atoms with van der Waals surface area (Å²) < 4.78 is 5.85. The molecule has 0 radical (unpaired) electrons. The lowest BCUT2D eigenvalue weighted by molar-refractivity contribution is -0.122. The number of furan rings is 1. The fraction of sp³-hybridized carbons (Fsp3) is 0.250. The monoisotopic (exact) mass is 415 g/mol. The van der Waals surface area contributed by atoms with Crippen molar-refractivity contribution in [2.24, 2.45) is 0 Å². The highest BCUT2D eigenvalue weighted by Gasteiger charge is 2.34. The molecule has 2 aliphatic rings. The molecule has 3 heterocycles. The summed E-state index contributed by atoms with van der Waals surface area (Å²) in [7, 11) is 0. The maximum absolute atomic E-state index is 13.0. The van der Waals surface area contributed by atoms with Gasteiger partial charge in [0.05, 0.1) is 5.69 Å². The molecule has 28 heavy (non-hydrogen) atoms. The first-order valence-electron chi connectivity index (χ1n) is 9.05. The molecule has 0 saturated carbocycles. The van der Waals surface area contributed by atoms with E-state index in [0.29, 0.717) is 16.5 Å². The zero-order valence-electron chi connectivity index (χ0n) is 15.0. The van der Waals surface area contributed by atoms with Crippen LogP contribution in [0.4, 0.5) is 11.6 Å². The molecule has 2 aromatic rings. The molecule has 144 valence electrons. The van der Waals surface area contributed by atoms with Gasteiger partial charge in [0, 0.05) is 24.2 Å². The Hall–Kier alpha value is -2.64. The third kappa shape index (κ3) is 3.68. The standard InChI is InChI=1S/C20H18ClN3O3S/c21-13-5-4-6-14(11-13)24-19(26)16(18(25)22-20(24)28)12-15-7-8-17(27-15)23-9-2-1-3-10-23/h4-8,11-12H,1-3,9-10H2,(H,22,25,28). The number of nitrogens with one attached hydrogen (secondary N) is 1. The molecule has 1 aromatic heterocycles. The molecule has 2 aliphatic heterocycles. The Bertz CT molecular complexity index is 979. The molecular formula is C20H18ClN3O3S. The van der Waals surface area contributed by atoms with Crippen molar-refractivity contribution in [3.63, 3.8) is 0 Å². The Morgan fingerprint density at radius 3 is 2.64 bits per heavy atom. The van der Waals surface area contributed by atoms with Crippen LogP contribution < -0.4 is 15.1 Å². The molecular weight excluding hydrogens is 398 g/mol. The minimum Gasteiger partial charge on any atom is -0.441 e. The molecule has 0 aliphatic carbocycles. The van der Waals surface area contributed by atoms with E-state index in [1.54, 1.807) is 30.3 Å². The molecule has 0 atom stereocenters. The first-order valence-corrected chi connectivity index (χ1v) is 9.83. The smallest absolute Gasteiger partial charge is 0.270 e. The fourth-order valence-electron chi connectivity index (χ4n) is 3.35. The molecule has 2 saturated heterocycles. The quantitative estimate of drug-likeness (QED) is 0.469. The van der Waals surface area contributed by atoms with Crippen molar-refractivity contribution in [3.05, 3.63) is 52.8 Å². The minimum atomic E-state index is -0.552. The summed E-state index contributed by atoms with van der Waals surface area (Å²) in [5, 5.41) is 3.03. The molecule has 1 N–H and O–H groups in total. The number of anilines is 2. The molecule has 2 amide bonds. The number of halogens is 1. The normalized spacial score (nSPS) is 19.3. The highest BCUT2D eigenvalue weighted by atomic mass is 35.5. The van der Waals surface area contributed by atoms with Crippen LogP contribution in [0, 0.1) is 0 Å². The maximum Gasteiger partial charge on any atom is 0.270 e. The Balaban J connectivity index is 1.63. The number of hydrogen-bond donors (Lipinski definition) is 1. The number of thiocarbonyl (C=S) groups is 1. The van der Waals surface area contributed by atoms with Crippen molar-refractivity contribution < 1.29 is 14.0 Å². The number of rotatable bonds is 3. The summed E-state index contributed by atoms with van der Waals surface area (Å²) in [5.74, 6) is 0.117. The van der Waals surface area contributed by atoms with Crippen molar-refractivity contribution >= 4 is 58.4 Å². The molecule has 0 unspecified atom stereocenters. The van der Waals surface area contributed by atoms with E-state index in [1.165, 1.54) is 17.4 Å². The average Bonchev–Trinajstić information content (AvgIpc) is 3.14. The van der Waals surface area contributed by atoms with Gasteiger partial charge in [0.2, 0.25) is 0 Å². The lowest BCUT2D eigenvalue weighted by Gasteiger charge is -2.28. The SMILES string of the molecule is O=C1NC(=S)N(c2cccc(Cl)c2)C(=O)C1=Cc1ccc(N2CCCCC2)o1. The molecule has 0 bridgehead atoms. The van der Waals surface area contributed by atoms with E-state index in [0.717, 1.165) is 31.8 Å². The number of amides is 2. The maximum atomic E-state index is 13.0. The van der Waals surface area contributed by atoms with Gasteiger partial charge in [-0.1, -0.05) is 17.7 Å². The summed E-state index contributed by atoms with van der Waals surface area (Å²) >= 11 is 11.2. The Morgan fingerprint density at radius 2 is 1.89 bits per heavy atom. The number of piperidine rings is 1. The molecule has 2 fully saturated rings. The summed E-state index contributed by atoms with van der Waals surface area (Å²) in [5.41, 5.74) is 0.440. The van der Waals surface area contributed by atoms with Gasteiger partial charge in [0.15, 0.2) is 11.0 Å².